The Hall–Kier alpha value is -3.79. The molecule has 0 unspecified atom stereocenters. The quantitative estimate of drug-likeness (QED) is 0.541. The summed E-state index contributed by atoms with van der Waals surface area (Å²) in [6.45, 7) is 3.51. The monoisotopic (exact) mass is 480 g/mol. The summed E-state index contributed by atoms with van der Waals surface area (Å²) in [5, 5.41) is 7.20. The molecule has 1 N–H and O–H groups in total. The van der Waals surface area contributed by atoms with Crippen LogP contribution in [0.1, 0.15) is 35.9 Å². The molecule has 174 valence electrons. The van der Waals surface area contributed by atoms with E-state index in [-0.39, 0.29) is 40.9 Å². The van der Waals surface area contributed by atoms with Gasteiger partial charge in [0.05, 0.1) is 16.3 Å². The lowest BCUT2D eigenvalue weighted by Gasteiger charge is -2.15. The van der Waals surface area contributed by atoms with Crippen LogP contribution in [0.2, 0.25) is 0 Å². The van der Waals surface area contributed by atoms with Gasteiger partial charge in [0.1, 0.15) is 5.82 Å². The van der Waals surface area contributed by atoms with Crippen molar-refractivity contribution >= 4 is 45.7 Å². The van der Waals surface area contributed by atoms with E-state index < -0.39 is 22.9 Å². The molecule has 0 atom stereocenters. The van der Waals surface area contributed by atoms with Crippen molar-refractivity contribution in [2.45, 2.75) is 19.9 Å². The van der Waals surface area contributed by atoms with E-state index in [1.807, 2.05) is 0 Å². The summed E-state index contributed by atoms with van der Waals surface area (Å²) in [6.07, 6.45) is 1.34. The standard InChI is InChI=1S/C24H21FN4O4S/c1-14(2)29-22(31)17-9-5-4-8-16(17)20(27-29)21(30)26-11-12-28-23(32)19(34-24(28)33)13-15-7-3-6-10-18(15)25/h3-10,13-14H,11-12H2,1-2H3,(H,26,30). The van der Waals surface area contributed by atoms with E-state index in [1.165, 1.54) is 29.0 Å². The lowest BCUT2D eigenvalue weighted by Crippen LogP contribution is -2.38. The van der Waals surface area contributed by atoms with E-state index in [2.05, 4.69) is 10.4 Å². The maximum Gasteiger partial charge on any atom is 0.293 e. The molecule has 2 heterocycles. The summed E-state index contributed by atoms with van der Waals surface area (Å²) in [4.78, 5) is 51.6. The molecule has 1 saturated heterocycles. The Bertz CT molecular complexity index is 1400. The predicted molar refractivity (Wildman–Crippen MR) is 128 cm³/mol. The molecule has 2 aromatic carbocycles. The lowest BCUT2D eigenvalue weighted by atomic mass is 10.1. The van der Waals surface area contributed by atoms with Gasteiger partial charge >= 0.3 is 0 Å². The number of benzene rings is 2. The van der Waals surface area contributed by atoms with Crippen LogP contribution >= 0.6 is 11.8 Å². The zero-order chi connectivity index (χ0) is 24.4. The summed E-state index contributed by atoms with van der Waals surface area (Å²) < 4.78 is 15.1. The Balaban J connectivity index is 1.49. The van der Waals surface area contributed by atoms with Gasteiger partial charge in [0.15, 0.2) is 5.69 Å². The van der Waals surface area contributed by atoms with Crippen LogP contribution < -0.4 is 10.9 Å². The van der Waals surface area contributed by atoms with Crippen LogP contribution in [-0.4, -0.2) is 44.8 Å². The second-order valence-corrected chi connectivity index (χ2v) is 8.84. The highest BCUT2D eigenvalue weighted by Crippen LogP contribution is 2.32. The summed E-state index contributed by atoms with van der Waals surface area (Å²) in [6, 6.07) is 12.4. The topological polar surface area (TPSA) is 101 Å². The highest BCUT2D eigenvalue weighted by molar-refractivity contribution is 8.18. The second kappa shape index (κ2) is 9.60. The number of rotatable bonds is 6. The summed E-state index contributed by atoms with van der Waals surface area (Å²) in [5.41, 5.74) is -0.00127. The van der Waals surface area contributed by atoms with E-state index in [1.54, 1.807) is 44.2 Å². The van der Waals surface area contributed by atoms with Crippen molar-refractivity contribution < 1.29 is 18.8 Å². The molecule has 0 radical (unpaired) electrons. The first-order valence-corrected chi connectivity index (χ1v) is 11.4. The molecule has 0 bridgehead atoms. The fourth-order valence-corrected chi connectivity index (χ4v) is 4.37. The fourth-order valence-electron chi connectivity index (χ4n) is 3.52. The van der Waals surface area contributed by atoms with Gasteiger partial charge < -0.3 is 5.32 Å². The molecule has 8 nitrogen and oxygen atoms in total. The van der Waals surface area contributed by atoms with Crippen LogP contribution in [0.25, 0.3) is 16.8 Å². The van der Waals surface area contributed by atoms with Crippen LogP contribution in [0.15, 0.2) is 58.2 Å². The number of amides is 3. The van der Waals surface area contributed by atoms with E-state index in [4.69, 9.17) is 0 Å². The number of fused-ring (bicyclic) bond motifs is 1. The summed E-state index contributed by atoms with van der Waals surface area (Å²) >= 11 is 0.718. The second-order valence-electron chi connectivity index (χ2n) is 7.85. The third-order valence-corrected chi connectivity index (χ3v) is 6.13. The molecular formula is C24H21FN4O4S. The van der Waals surface area contributed by atoms with Crippen molar-refractivity contribution in [1.29, 1.82) is 0 Å². The fraction of sp³-hybridized carbons (Fsp3) is 0.208. The Morgan fingerprint density at radius 1 is 1.09 bits per heavy atom. The number of thioether (sulfide) groups is 1. The highest BCUT2D eigenvalue weighted by Gasteiger charge is 2.35. The number of nitrogens with one attached hydrogen (secondary N) is 1. The first-order chi connectivity index (χ1) is 16.3. The SMILES string of the molecule is CC(C)n1nc(C(=O)NCCN2C(=O)SC(=Cc3ccccc3F)C2=O)c2ccccc2c1=O. The van der Waals surface area contributed by atoms with Gasteiger partial charge in [0.2, 0.25) is 0 Å². The summed E-state index contributed by atoms with van der Waals surface area (Å²) in [7, 11) is 0. The van der Waals surface area contributed by atoms with Gasteiger partial charge in [-0.2, -0.15) is 5.10 Å². The molecule has 1 aliphatic heterocycles. The van der Waals surface area contributed by atoms with E-state index >= 15 is 0 Å². The largest absolute Gasteiger partial charge is 0.349 e. The molecule has 1 aliphatic rings. The Morgan fingerprint density at radius 3 is 2.47 bits per heavy atom. The Morgan fingerprint density at radius 2 is 1.76 bits per heavy atom. The van der Waals surface area contributed by atoms with Crippen LogP contribution in [-0.2, 0) is 4.79 Å². The normalized spacial score (nSPS) is 15.1. The molecule has 10 heteroatoms. The molecular weight excluding hydrogens is 459 g/mol. The number of hydrogen-bond donors (Lipinski definition) is 1. The van der Waals surface area contributed by atoms with E-state index in [0.29, 0.717) is 10.8 Å². The van der Waals surface area contributed by atoms with Crippen molar-refractivity contribution in [2.75, 3.05) is 13.1 Å². The maximum atomic E-state index is 13.9. The smallest absolute Gasteiger partial charge is 0.293 e. The molecule has 3 amide bonds. The molecule has 4 rings (SSSR count). The van der Waals surface area contributed by atoms with E-state index in [0.717, 1.165) is 16.7 Å². The van der Waals surface area contributed by atoms with Crippen molar-refractivity contribution in [3.63, 3.8) is 0 Å². The molecule has 3 aromatic rings. The van der Waals surface area contributed by atoms with Crippen LogP contribution in [0, 0.1) is 5.82 Å². The third-order valence-electron chi connectivity index (χ3n) is 5.22. The van der Waals surface area contributed by atoms with Gasteiger partial charge in [-0.1, -0.05) is 36.4 Å². The van der Waals surface area contributed by atoms with Gasteiger partial charge in [0.25, 0.3) is 22.6 Å². The summed E-state index contributed by atoms with van der Waals surface area (Å²) in [5.74, 6) is -1.58. The van der Waals surface area contributed by atoms with Gasteiger partial charge in [-0.25, -0.2) is 9.07 Å². The molecule has 34 heavy (non-hydrogen) atoms. The zero-order valence-corrected chi connectivity index (χ0v) is 19.3. The van der Waals surface area contributed by atoms with Gasteiger partial charge in [-0.05, 0) is 43.8 Å². The zero-order valence-electron chi connectivity index (χ0n) is 18.4. The minimum atomic E-state index is -0.551. The van der Waals surface area contributed by atoms with Crippen molar-refractivity contribution in [3.05, 3.63) is 80.9 Å². The number of imide groups is 1. The number of nitrogens with zero attached hydrogens (tertiary/aromatic N) is 3. The molecule has 0 saturated carbocycles. The average molecular weight is 481 g/mol. The van der Waals surface area contributed by atoms with Crippen LogP contribution in [0.3, 0.4) is 0 Å². The van der Waals surface area contributed by atoms with Crippen LogP contribution in [0.4, 0.5) is 9.18 Å². The molecule has 1 fully saturated rings. The number of halogens is 1. The van der Waals surface area contributed by atoms with Crippen LogP contribution in [0.5, 0.6) is 0 Å². The van der Waals surface area contributed by atoms with E-state index in [9.17, 15) is 23.6 Å². The Kier molecular flexibility index (Phi) is 6.60. The number of carbonyl (C=O) groups is 3. The predicted octanol–water partition coefficient (Wildman–Crippen LogP) is 3.58. The van der Waals surface area contributed by atoms with Crippen molar-refractivity contribution in [1.82, 2.24) is 20.0 Å². The van der Waals surface area contributed by atoms with Gasteiger partial charge in [-0.3, -0.25) is 24.1 Å². The number of aromatic nitrogens is 2. The minimum absolute atomic E-state index is 0.0132. The molecule has 0 aliphatic carbocycles. The number of hydrogen-bond acceptors (Lipinski definition) is 6. The molecule has 1 aromatic heterocycles. The van der Waals surface area contributed by atoms with Gasteiger partial charge in [0, 0.05) is 24.0 Å². The average Bonchev–Trinajstić information content (AvgIpc) is 3.08. The Labute approximate surface area is 198 Å². The minimum Gasteiger partial charge on any atom is -0.349 e. The van der Waals surface area contributed by atoms with Crippen molar-refractivity contribution in [2.24, 2.45) is 0 Å². The third kappa shape index (κ3) is 4.49. The number of carbonyl (C=O) groups excluding carboxylic acids is 3. The lowest BCUT2D eigenvalue weighted by molar-refractivity contribution is -0.122. The van der Waals surface area contributed by atoms with Gasteiger partial charge in [-0.15, -0.1) is 0 Å². The van der Waals surface area contributed by atoms with Crippen molar-refractivity contribution in [3.8, 4) is 0 Å². The first-order valence-electron chi connectivity index (χ1n) is 10.6. The first kappa shape index (κ1) is 23.4. The highest BCUT2D eigenvalue weighted by atomic mass is 32.2. The maximum absolute atomic E-state index is 13.9. The molecule has 0 spiro atoms.